The number of nitrogens with two attached hydrogens (primary N) is 1. The molecule has 0 aliphatic rings. The van der Waals surface area contributed by atoms with Gasteiger partial charge in [-0.25, -0.2) is 0 Å². The Morgan fingerprint density at radius 1 is 0.684 bits per heavy atom. The van der Waals surface area contributed by atoms with Crippen molar-refractivity contribution in [2.24, 2.45) is 5.73 Å². The third kappa shape index (κ3) is 4.64. The van der Waals surface area contributed by atoms with Gasteiger partial charge in [0.15, 0.2) is 0 Å². The van der Waals surface area contributed by atoms with Crippen molar-refractivity contribution in [3.63, 3.8) is 0 Å². The molecule has 0 saturated carbocycles. The van der Waals surface area contributed by atoms with Crippen molar-refractivity contribution in [1.29, 1.82) is 0 Å². The second kappa shape index (κ2) is 10.3. The fourth-order valence-electron chi connectivity index (χ4n) is 5.14. The summed E-state index contributed by atoms with van der Waals surface area (Å²) in [6.07, 6.45) is 0.826. The number of aromatic nitrogens is 1. The maximum Gasteiger partial charge on any atom is 0.249 e. The highest BCUT2D eigenvalue weighted by Crippen LogP contribution is 2.35. The number of primary amides is 1. The molecule has 4 nitrogen and oxygen atoms in total. The Balaban J connectivity index is 1.36. The molecule has 0 bridgehead atoms. The Labute approximate surface area is 221 Å². The number of rotatable bonds is 8. The molecular weight excluding hydrogens is 468 g/mol. The molecule has 38 heavy (non-hydrogen) atoms. The second-order valence-corrected chi connectivity index (χ2v) is 9.48. The van der Waals surface area contributed by atoms with Gasteiger partial charge in [0, 0.05) is 34.8 Å². The minimum absolute atomic E-state index is 0.433. The summed E-state index contributed by atoms with van der Waals surface area (Å²) in [6.45, 7) is 1.25. The van der Waals surface area contributed by atoms with Gasteiger partial charge < -0.3 is 15.0 Å². The highest BCUT2D eigenvalue weighted by molar-refractivity contribution is 6.18. The summed E-state index contributed by atoms with van der Waals surface area (Å²) in [5, 5.41) is 1.83. The molecule has 0 unspecified atom stereocenters. The van der Waals surface area contributed by atoms with Crippen molar-refractivity contribution in [2.45, 2.75) is 13.0 Å². The lowest BCUT2D eigenvalue weighted by atomic mass is 10.0. The second-order valence-electron chi connectivity index (χ2n) is 9.48. The van der Waals surface area contributed by atoms with Gasteiger partial charge in [0.05, 0.1) is 12.1 Å². The molecule has 0 aliphatic carbocycles. The number of hydrogen-bond acceptors (Lipinski definition) is 2. The first-order chi connectivity index (χ1) is 18.7. The fourth-order valence-corrected chi connectivity index (χ4v) is 5.14. The molecule has 6 aromatic rings. The Morgan fingerprint density at radius 2 is 1.39 bits per heavy atom. The minimum Gasteiger partial charge on any atom is -0.493 e. The summed E-state index contributed by atoms with van der Waals surface area (Å²) in [5.74, 6) is 0.344. The first-order valence-electron chi connectivity index (χ1n) is 12.8. The number of amides is 1. The Kier molecular flexibility index (Phi) is 6.37. The standard InChI is InChI=1S/C34H28N2O2/c35-34(37)29-12-7-13-32-33(29)30-22-28(38-21-20-24-8-3-1-4-9-24)18-19-31(30)36(32)23-25-14-16-27(17-15-25)26-10-5-2-6-11-26/h1-19,22H,20-21,23H2,(H2,35,37). The zero-order chi connectivity index (χ0) is 25.9. The summed E-state index contributed by atoms with van der Waals surface area (Å²) in [7, 11) is 0. The Bertz CT molecular complexity index is 1720. The Morgan fingerprint density at radius 3 is 2.13 bits per heavy atom. The van der Waals surface area contributed by atoms with Crippen molar-refractivity contribution < 1.29 is 9.53 Å². The molecular formula is C34H28N2O2. The molecule has 5 aromatic carbocycles. The van der Waals surface area contributed by atoms with E-state index in [9.17, 15) is 4.79 Å². The van der Waals surface area contributed by atoms with Gasteiger partial charge in [-0.2, -0.15) is 0 Å². The van der Waals surface area contributed by atoms with Crippen LogP contribution in [0.15, 0.2) is 121 Å². The van der Waals surface area contributed by atoms with Crippen LogP contribution in [0.2, 0.25) is 0 Å². The minimum atomic E-state index is -0.433. The predicted molar refractivity (Wildman–Crippen MR) is 155 cm³/mol. The first kappa shape index (κ1) is 23.6. The number of benzene rings is 5. The van der Waals surface area contributed by atoms with Gasteiger partial charge in [-0.15, -0.1) is 0 Å². The van der Waals surface area contributed by atoms with Gasteiger partial charge in [0.25, 0.3) is 0 Å². The van der Waals surface area contributed by atoms with Crippen LogP contribution in [-0.2, 0) is 13.0 Å². The van der Waals surface area contributed by atoms with Gasteiger partial charge in [0.2, 0.25) is 5.91 Å². The van der Waals surface area contributed by atoms with E-state index in [1.165, 1.54) is 22.3 Å². The van der Waals surface area contributed by atoms with Crippen molar-refractivity contribution in [3.8, 4) is 16.9 Å². The smallest absolute Gasteiger partial charge is 0.249 e. The van der Waals surface area contributed by atoms with Crippen LogP contribution >= 0.6 is 0 Å². The number of ether oxygens (including phenoxy) is 1. The van der Waals surface area contributed by atoms with Crippen LogP contribution in [0.25, 0.3) is 32.9 Å². The lowest BCUT2D eigenvalue weighted by molar-refractivity contribution is 0.100. The topological polar surface area (TPSA) is 57.3 Å². The molecule has 2 N–H and O–H groups in total. The fraction of sp³-hybridized carbons (Fsp3) is 0.0882. The van der Waals surface area contributed by atoms with E-state index < -0.39 is 5.91 Å². The zero-order valence-corrected chi connectivity index (χ0v) is 21.0. The molecule has 4 heteroatoms. The summed E-state index contributed by atoms with van der Waals surface area (Å²) in [4.78, 5) is 12.4. The molecule has 0 fully saturated rings. The number of carbonyl (C=O) groups excluding carboxylic acids is 1. The van der Waals surface area contributed by atoms with Gasteiger partial charge in [-0.3, -0.25) is 4.79 Å². The number of fused-ring (bicyclic) bond motifs is 3. The quantitative estimate of drug-likeness (QED) is 0.242. The normalized spacial score (nSPS) is 11.2. The van der Waals surface area contributed by atoms with Crippen LogP contribution in [0, 0.1) is 0 Å². The molecule has 1 amide bonds. The molecule has 0 aliphatic heterocycles. The van der Waals surface area contributed by atoms with E-state index in [1.54, 1.807) is 6.07 Å². The molecule has 186 valence electrons. The van der Waals surface area contributed by atoms with Gasteiger partial charge in [-0.05, 0) is 52.6 Å². The van der Waals surface area contributed by atoms with Crippen LogP contribution in [0.1, 0.15) is 21.5 Å². The SMILES string of the molecule is NC(=O)c1cccc2c1c1cc(OCCc3ccccc3)ccc1n2Cc1ccc(-c2ccccc2)cc1. The van der Waals surface area contributed by atoms with Crippen LogP contribution in [-0.4, -0.2) is 17.1 Å². The third-order valence-corrected chi connectivity index (χ3v) is 7.03. The molecule has 0 spiro atoms. The lowest BCUT2D eigenvalue weighted by Crippen LogP contribution is -2.11. The van der Waals surface area contributed by atoms with E-state index in [4.69, 9.17) is 10.5 Å². The molecule has 0 atom stereocenters. The number of carbonyl (C=O) groups is 1. The molecule has 6 rings (SSSR count). The summed E-state index contributed by atoms with van der Waals surface area (Å²) < 4.78 is 8.38. The van der Waals surface area contributed by atoms with E-state index in [1.807, 2.05) is 42.5 Å². The lowest BCUT2D eigenvalue weighted by Gasteiger charge is -2.10. The zero-order valence-electron chi connectivity index (χ0n) is 21.0. The van der Waals surface area contributed by atoms with Crippen LogP contribution in [0.3, 0.4) is 0 Å². The van der Waals surface area contributed by atoms with Crippen LogP contribution in [0.4, 0.5) is 0 Å². The van der Waals surface area contributed by atoms with E-state index in [0.717, 1.165) is 34.0 Å². The Hall–Kier alpha value is -4.83. The highest BCUT2D eigenvalue weighted by atomic mass is 16.5. The van der Waals surface area contributed by atoms with Crippen LogP contribution in [0.5, 0.6) is 5.75 Å². The maximum absolute atomic E-state index is 12.4. The predicted octanol–water partition coefficient (Wildman–Crippen LogP) is 7.23. The monoisotopic (exact) mass is 496 g/mol. The van der Waals surface area contributed by atoms with Crippen molar-refractivity contribution >= 4 is 27.7 Å². The summed E-state index contributed by atoms with van der Waals surface area (Å²) >= 11 is 0. The van der Waals surface area contributed by atoms with Crippen LogP contribution < -0.4 is 10.5 Å². The molecule has 0 radical (unpaired) electrons. The highest BCUT2D eigenvalue weighted by Gasteiger charge is 2.17. The van der Waals surface area contributed by atoms with Gasteiger partial charge in [-0.1, -0.05) is 91.0 Å². The molecule has 1 heterocycles. The average Bonchev–Trinajstić information content (AvgIpc) is 3.27. The summed E-state index contributed by atoms with van der Waals surface area (Å²) in [6, 6.07) is 41.2. The largest absolute Gasteiger partial charge is 0.493 e. The van der Waals surface area contributed by atoms with E-state index in [2.05, 4.69) is 77.4 Å². The van der Waals surface area contributed by atoms with Gasteiger partial charge in [0.1, 0.15) is 5.75 Å². The number of nitrogens with zero attached hydrogens (tertiary/aromatic N) is 1. The first-order valence-corrected chi connectivity index (χ1v) is 12.8. The van der Waals surface area contributed by atoms with Crippen molar-refractivity contribution in [3.05, 3.63) is 138 Å². The number of hydrogen-bond donors (Lipinski definition) is 1. The molecule has 0 saturated heterocycles. The summed E-state index contributed by atoms with van der Waals surface area (Å²) in [5.41, 5.74) is 13.1. The molecule has 1 aromatic heterocycles. The van der Waals surface area contributed by atoms with E-state index in [0.29, 0.717) is 18.7 Å². The maximum atomic E-state index is 12.4. The van der Waals surface area contributed by atoms with E-state index in [-0.39, 0.29) is 0 Å². The van der Waals surface area contributed by atoms with Crippen molar-refractivity contribution in [2.75, 3.05) is 6.61 Å². The average molecular weight is 497 g/mol. The third-order valence-electron chi connectivity index (χ3n) is 7.03. The van der Waals surface area contributed by atoms with Gasteiger partial charge >= 0.3 is 0 Å². The van der Waals surface area contributed by atoms with Crippen molar-refractivity contribution in [1.82, 2.24) is 4.57 Å². The van der Waals surface area contributed by atoms with E-state index >= 15 is 0 Å².